The summed E-state index contributed by atoms with van der Waals surface area (Å²) in [5.41, 5.74) is 2.17. The first kappa shape index (κ1) is 13.1. The normalized spacial score (nSPS) is 17.7. The van der Waals surface area contributed by atoms with E-state index in [0.29, 0.717) is 0 Å². The van der Waals surface area contributed by atoms with Crippen molar-refractivity contribution < 1.29 is 4.79 Å². The van der Waals surface area contributed by atoms with Crippen LogP contribution in [0.3, 0.4) is 0 Å². The lowest BCUT2D eigenvalue weighted by Crippen LogP contribution is -2.31. The summed E-state index contributed by atoms with van der Waals surface area (Å²) in [5.74, 6) is 0.763. The highest BCUT2D eigenvalue weighted by Crippen LogP contribution is 2.33. The molecular formula is C16H23NO. The Kier molecular flexibility index (Phi) is 4.40. The van der Waals surface area contributed by atoms with Crippen LogP contribution < -0.4 is 5.32 Å². The van der Waals surface area contributed by atoms with Gasteiger partial charge in [0.05, 0.1) is 0 Å². The van der Waals surface area contributed by atoms with Crippen LogP contribution in [-0.4, -0.2) is 11.9 Å². The molecule has 1 aliphatic rings. The number of amides is 1. The molecule has 0 radical (unpaired) electrons. The first-order valence-electron chi connectivity index (χ1n) is 7.11. The Morgan fingerprint density at radius 2 is 1.89 bits per heavy atom. The van der Waals surface area contributed by atoms with Crippen LogP contribution >= 0.6 is 0 Å². The second kappa shape index (κ2) is 6.03. The van der Waals surface area contributed by atoms with Gasteiger partial charge in [-0.1, -0.05) is 31.9 Å². The number of benzene rings is 1. The number of rotatable bonds is 4. The van der Waals surface area contributed by atoms with Crippen LogP contribution in [0.4, 0.5) is 0 Å². The zero-order valence-corrected chi connectivity index (χ0v) is 11.4. The molecule has 2 heteroatoms. The van der Waals surface area contributed by atoms with Crippen molar-refractivity contribution in [2.24, 2.45) is 0 Å². The van der Waals surface area contributed by atoms with Gasteiger partial charge in [-0.05, 0) is 49.8 Å². The first-order chi connectivity index (χ1) is 8.70. The van der Waals surface area contributed by atoms with E-state index in [9.17, 15) is 4.79 Å². The van der Waals surface area contributed by atoms with Gasteiger partial charge >= 0.3 is 0 Å². The molecule has 1 N–H and O–H groups in total. The predicted octanol–water partition coefficient (Wildman–Crippen LogP) is 3.87. The maximum absolute atomic E-state index is 11.9. The van der Waals surface area contributed by atoms with E-state index in [-0.39, 0.29) is 11.9 Å². The Hall–Kier alpha value is -1.31. The molecule has 1 fully saturated rings. The van der Waals surface area contributed by atoms with Crippen LogP contribution in [-0.2, 0) is 0 Å². The van der Waals surface area contributed by atoms with Gasteiger partial charge in [0.25, 0.3) is 5.91 Å². The molecule has 2 nitrogen and oxygen atoms in total. The molecule has 1 saturated carbocycles. The van der Waals surface area contributed by atoms with Crippen molar-refractivity contribution in [1.82, 2.24) is 5.32 Å². The smallest absolute Gasteiger partial charge is 0.251 e. The highest BCUT2D eigenvalue weighted by molar-refractivity contribution is 5.94. The summed E-state index contributed by atoms with van der Waals surface area (Å²) >= 11 is 0. The van der Waals surface area contributed by atoms with Crippen LogP contribution in [0.25, 0.3) is 0 Å². The summed E-state index contributed by atoms with van der Waals surface area (Å²) in [6.45, 7) is 4.11. The van der Waals surface area contributed by atoms with E-state index in [1.54, 1.807) is 0 Å². The highest BCUT2D eigenvalue weighted by atomic mass is 16.1. The number of nitrogens with one attached hydrogen (secondary N) is 1. The maximum atomic E-state index is 11.9. The lowest BCUT2D eigenvalue weighted by Gasteiger charge is -2.13. The third kappa shape index (κ3) is 3.12. The quantitative estimate of drug-likeness (QED) is 0.857. The minimum absolute atomic E-state index is 0.0438. The average Bonchev–Trinajstić information content (AvgIpc) is 2.92. The molecule has 0 saturated heterocycles. The molecule has 1 aliphatic carbocycles. The molecule has 0 heterocycles. The van der Waals surface area contributed by atoms with E-state index in [4.69, 9.17) is 0 Å². The van der Waals surface area contributed by atoms with E-state index in [1.165, 1.54) is 31.2 Å². The topological polar surface area (TPSA) is 29.1 Å². The predicted molar refractivity (Wildman–Crippen MR) is 74.9 cm³/mol. The molecule has 1 atom stereocenters. The van der Waals surface area contributed by atoms with E-state index >= 15 is 0 Å². The summed E-state index contributed by atoms with van der Waals surface area (Å²) in [6.07, 6.45) is 6.27. The van der Waals surface area contributed by atoms with Crippen LogP contribution in [0.2, 0.25) is 0 Å². The molecule has 98 valence electrons. The van der Waals surface area contributed by atoms with Crippen LogP contribution in [0.5, 0.6) is 0 Å². The Morgan fingerprint density at radius 3 is 2.44 bits per heavy atom. The Morgan fingerprint density at radius 1 is 1.28 bits per heavy atom. The number of carbonyl (C=O) groups is 1. The van der Waals surface area contributed by atoms with Crippen molar-refractivity contribution in [2.75, 3.05) is 0 Å². The Balaban J connectivity index is 2.00. The number of hydrogen-bond acceptors (Lipinski definition) is 1. The third-order valence-corrected chi connectivity index (χ3v) is 3.99. The molecule has 0 spiro atoms. The highest BCUT2D eigenvalue weighted by Gasteiger charge is 2.17. The van der Waals surface area contributed by atoms with Gasteiger partial charge in [-0.25, -0.2) is 0 Å². The van der Waals surface area contributed by atoms with Crippen LogP contribution in [0.1, 0.15) is 67.8 Å². The fourth-order valence-corrected chi connectivity index (χ4v) is 2.57. The first-order valence-corrected chi connectivity index (χ1v) is 7.11. The van der Waals surface area contributed by atoms with Crippen LogP contribution in [0, 0.1) is 0 Å². The van der Waals surface area contributed by atoms with Crippen molar-refractivity contribution in [2.45, 2.75) is 57.9 Å². The second-order valence-corrected chi connectivity index (χ2v) is 5.39. The standard InChI is InChI=1S/C16H23NO/c1-3-12(2)17-16(18)15-10-8-14(9-11-15)13-6-4-5-7-13/h8-13H,3-7H2,1-2H3,(H,17,18). The van der Waals surface area contributed by atoms with Crippen molar-refractivity contribution in [1.29, 1.82) is 0 Å². The minimum Gasteiger partial charge on any atom is -0.350 e. The van der Waals surface area contributed by atoms with Gasteiger partial charge in [-0.15, -0.1) is 0 Å². The number of hydrogen-bond donors (Lipinski definition) is 1. The molecule has 18 heavy (non-hydrogen) atoms. The van der Waals surface area contributed by atoms with Gasteiger partial charge < -0.3 is 5.32 Å². The SMILES string of the molecule is CCC(C)NC(=O)c1ccc(C2CCCC2)cc1. The van der Waals surface area contributed by atoms with Gasteiger partial charge in [0.15, 0.2) is 0 Å². The molecule has 2 rings (SSSR count). The fourth-order valence-electron chi connectivity index (χ4n) is 2.57. The van der Waals surface area contributed by atoms with Gasteiger partial charge in [0.2, 0.25) is 0 Å². The summed E-state index contributed by atoms with van der Waals surface area (Å²) in [7, 11) is 0. The maximum Gasteiger partial charge on any atom is 0.251 e. The van der Waals surface area contributed by atoms with E-state index in [1.807, 2.05) is 19.1 Å². The molecule has 0 aromatic heterocycles. The molecule has 0 aliphatic heterocycles. The number of carbonyl (C=O) groups excluding carboxylic acids is 1. The second-order valence-electron chi connectivity index (χ2n) is 5.39. The van der Waals surface area contributed by atoms with Gasteiger partial charge in [0.1, 0.15) is 0 Å². The summed E-state index contributed by atoms with van der Waals surface area (Å²) < 4.78 is 0. The molecule has 1 unspecified atom stereocenters. The zero-order valence-electron chi connectivity index (χ0n) is 11.4. The molecular weight excluding hydrogens is 222 g/mol. The monoisotopic (exact) mass is 245 g/mol. The fraction of sp³-hybridized carbons (Fsp3) is 0.562. The van der Waals surface area contributed by atoms with E-state index < -0.39 is 0 Å². The Bertz CT molecular complexity index is 390. The average molecular weight is 245 g/mol. The van der Waals surface area contributed by atoms with E-state index in [2.05, 4.69) is 24.4 Å². The van der Waals surface area contributed by atoms with Gasteiger partial charge in [-0.3, -0.25) is 4.79 Å². The molecule has 0 bridgehead atoms. The Labute approximate surface area is 110 Å². The van der Waals surface area contributed by atoms with Gasteiger partial charge in [0, 0.05) is 11.6 Å². The lowest BCUT2D eigenvalue weighted by molar-refractivity contribution is 0.0939. The van der Waals surface area contributed by atoms with Crippen molar-refractivity contribution >= 4 is 5.91 Å². The lowest BCUT2D eigenvalue weighted by atomic mass is 9.96. The largest absolute Gasteiger partial charge is 0.350 e. The molecule has 1 aromatic rings. The summed E-state index contributed by atoms with van der Waals surface area (Å²) in [4.78, 5) is 11.9. The summed E-state index contributed by atoms with van der Waals surface area (Å²) in [5, 5.41) is 3.00. The zero-order chi connectivity index (χ0) is 13.0. The van der Waals surface area contributed by atoms with Crippen molar-refractivity contribution in [3.05, 3.63) is 35.4 Å². The molecule has 1 amide bonds. The van der Waals surface area contributed by atoms with Crippen LogP contribution in [0.15, 0.2) is 24.3 Å². The van der Waals surface area contributed by atoms with Crippen molar-refractivity contribution in [3.63, 3.8) is 0 Å². The summed E-state index contributed by atoms with van der Waals surface area (Å²) in [6, 6.07) is 8.42. The third-order valence-electron chi connectivity index (χ3n) is 3.99. The minimum atomic E-state index is 0.0438. The van der Waals surface area contributed by atoms with E-state index in [0.717, 1.165) is 17.9 Å². The van der Waals surface area contributed by atoms with Crippen molar-refractivity contribution in [3.8, 4) is 0 Å². The molecule has 1 aromatic carbocycles. The van der Waals surface area contributed by atoms with Gasteiger partial charge in [-0.2, -0.15) is 0 Å².